The molecule has 0 aliphatic rings. The van der Waals surface area contributed by atoms with Crippen molar-refractivity contribution >= 4 is 33.8 Å². The summed E-state index contributed by atoms with van der Waals surface area (Å²) in [7, 11) is 1.49. The van der Waals surface area contributed by atoms with Crippen LogP contribution < -0.4 is 10.1 Å². The Kier molecular flexibility index (Phi) is 6.39. The van der Waals surface area contributed by atoms with Crippen molar-refractivity contribution < 1.29 is 13.9 Å². The van der Waals surface area contributed by atoms with E-state index in [0.717, 1.165) is 16.5 Å². The van der Waals surface area contributed by atoms with Crippen LogP contribution in [0.4, 0.5) is 10.1 Å². The van der Waals surface area contributed by atoms with Crippen LogP contribution in [-0.4, -0.2) is 48.1 Å². The number of nitrogens with zero attached hydrogens (tertiary/aromatic N) is 5. The second kappa shape index (κ2) is 10.2. The van der Waals surface area contributed by atoms with Crippen LogP contribution in [-0.2, 0) is 4.79 Å². The lowest BCUT2D eigenvalue weighted by Gasteiger charge is -2.08. The lowest BCUT2D eigenvalue weighted by molar-refractivity contribution is -0.116. The average molecular weight is 537 g/mol. The van der Waals surface area contributed by atoms with E-state index in [4.69, 9.17) is 9.72 Å². The van der Waals surface area contributed by atoms with Gasteiger partial charge in [0.05, 0.1) is 24.4 Å². The molecule has 0 bridgehead atoms. The minimum Gasteiger partial charge on any atom is -0.497 e. The molecule has 200 valence electrons. The van der Waals surface area contributed by atoms with Crippen LogP contribution in [0.3, 0.4) is 0 Å². The number of hydrogen-bond acceptors (Lipinski definition) is 7. The third-order valence-electron chi connectivity index (χ3n) is 6.39. The predicted molar refractivity (Wildman–Crippen MR) is 150 cm³/mol. The Labute approximate surface area is 228 Å². The van der Waals surface area contributed by atoms with Crippen molar-refractivity contribution in [1.29, 1.82) is 0 Å². The number of methoxy groups -OCH3 is 1. The molecule has 40 heavy (non-hydrogen) atoms. The number of carbonyl (C=O) groups excluding carboxylic acids is 1. The number of fused-ring (bicyclic) bond motifs is 2. The zero-order chi connectivity index (χ0) is 27.8. The zero-order valence-corrected chi connectivity index (χ0v) is 22.0. The number of rotatable bonds is 7. The Bertz CT molecular complexity index is 1880. The van der Waals surface area contributed by atoms with Gasteiger partial charge in [-0.2, -0.15) is 5.10 Å². The third-order valence-corrected chi connectivity index (χ3v) is 6.39. The number of ether oxygens (including phenoxy) is 1. The SMILES string of the molecule is COc1cc(F)cc(-c2ccnc3[nH]c(-c4n[nH]c5ncc(-c6cncc(NC(=O)CC(C)C)c6)cc45)nc23)c1. The Morgan fingerprint density at radius 2 is 1.88 bits per heavy atom. The molecule has 1 aromatic carbocycles. The van der Waals surface area contributed by atoms with Crippen molar-refractivity contribution in [3.63, 3.8) is 0 Å². The number of aromatic amines is 2. The molecule has 10 nitrogen and oxygen atoms in total. The molecule has 0 saturated heterocycles. The largest absolute Gasteiger partial charge is 0.497 e. The van der Waals surface area contributed by atoms with E-state index in [0.29, 0.717) is 57.3 Å². The fourth-order valence-corrected chi connectivity index (χ4v) is 4.58. The van der Waals surface area contributed by atoms with Crippen LogP contribution in [0.15, 0.2) is 61.2 Å². The van der Waals surface area contributed by atoms with Crippen LogP contribution in [0.2, 0.25) is 0 Å². The highest BCUT2D eigenvalue weighted by Gasteiger charge is 2.18. The van der Waals surface area contributed by atoms with Gasteiger partial charge >= 0.3 is 0 Å². The quantitative estimate of drug-likeness (QED) is 0.236. The van der Waals surface area contributed by atoms with E-state index in [2.05, 4.69) is 35.5 Å². The standard InChI is InChI=1S/C29H25FN8O2/c1-15(2)6-24(39)34-20-8-17(12-31-14-20)18-10-23-26(37-38-27(23)33-13-18)29-35-25-22(4-5-32-28(25)36-29)16-7-19(30)11-21(9-16)40-3/h4-5,7-15H,6H2,1-3H3,(H,34,39)(H,32,35,36)(H,33,37,38). The number of hydrogen-bond donors (Lipinski definition) is 3. The first-order valence-electron chi connectivity index (χ1n) is 12.7. The number of pyridine rings is 3. The smallest absolute Gasteiger partial charge is 0.224 e. The van der Waals surface area contributed by atoms with Crippen LogP contribution in [0, 0.1) is 11.7 Å². The highest BCUT2D eigenvalue weighted by molar-refractivity contribution is 5.96. The number of benzene rings is 1. The van der Waals surface area contributed by atoms with Crippen molar-refractivity contribution in [2.45, 2.75) is 20.3 Å². The maximum Gasteiger partial charge on any atom is 0.224 e. The number of carbonyl (C=O) groups is 1. The molecule has 0 fully saturated rings. The Morgan fingerprint density at radius 3 is 2.70 bits per heavy atom. The van der Waals surface area contributed by atoms with E-state index >= 15 is 0 Å². The summed E-state index contributed by atoms with van der Waals surface area (Å²) in [6.07, 6.45) is 7.11. The molecular weight excluding hydrogens is 511 g/mol. The molecule has 0 aliphatic carbocycles. The first-order valence-corrected chi connectivity index (χ1v) is 12.7. The van der Waals surface area contributed by atoms with E-state index in [1.54, 1.807) is 36.9 Å². The van der Waals surface area contributed by atoms with Gasteiger partial charge in [0, 0.05) is 47.8 Å². The summed E-state index contributed by atoms with van der Waals surface area (Å²) < 4.78 is 19.5. The van der Waals surface area contributed by atoms with Crippen molar-refractivity contribution in [2.75, 3.05) is 12.4 Å². The highest BCUT2D eigenvalue weighted by Crippen LogP contribution is 2.33. The number of amides is 1. The van der Waals surface area contributed by atoms with Crippen molar-refractivity contribution in [1.82, 2.24) is 35.1 Å². The summed E-state index contributed by atoms with van der Waals surface area (Å²) in [5, 5.41) is 11.1. The molecule has 0 atom stereocenters. The first-order chi connectivity index (χ1) is 19.4. The lowest BCUT2D eigenvalue weighted by Crippen LogP contribution is -2.13. The number of aromatic nitrogens is 7. The molecule has 11 heteroatoms. The van der Waals surface area contributed by atoms with Gasteiger partial charge in [0.15, 0.2) is 17.1 Å². The average Bonchev–Trinajstić information content (AvgIpc) is 3.56. The topological polar surface area (TPSA) is 134 Å². The number of halogens is 1. The molecule has 3 N–H and O–H groups in total. The number of imidazole rings is 1. The molecule has 1 amide bonds. The predicted octanol–water partition coefficient (Wildman–Crippen LogP) is 5.76. The summed E-state index contributed by atoms with van der Waals surface area (Å²) in [4.78, 5) is 33.5. The van der Waals surface area contributed by atoms with Gasteiger partial charge in [-0.25, -0.2) is 19.3 Å². The van der Waals surface area contributed by atoms with Crippen molar-refractivity contribution in [3.05, 3.63) is 67.0 Å². The van der Waals surface area contributed by atoms with Gasteiger partial charge in [-0.3, -0.25) is 14.9 Å². The van der Waals surface area contributed by atoms with Crippen LogP contribution in [0.25, 0.3) is 56.0 Å². The van der Waals surface area contributed by atoms with E-state index < -0.39 is 5.82 Å². The number of H-pyrrole nitrogens is 2. The summed E-state index contributed by atoms with van der Waals surface area (Å²) in [6, 6.07) is 10.1. The third kappa shape index (κ3) is 4.84. The van der Waals surface area contributed by atoms with Gasteiger partial charge in [-0.15, -0.1) is 0 Å². The Morgan fingerprint density at radius 1 is 1.02 bits per heavy atom. The monoisotopic (exact) mass is 536 g/mol. The summed E-state index contributed by atoms with van der Waals surface area (Å²) in [5.74, 6) is 0.671. The van der Waals surface area contributed by atoms with Crippen LogP contribution in [0.5, 0.6) is 5.75 Å². The minimum atomic E-state index is -0.412. The second-order valence-corrected chi connectivity index (χ2v) is 9.82. The molecule has 0 radical (unpaired) electrons. The maximum atomic E-state index is 14.2. The molecule has 5 heterocycles. The van der Waals surface area contributed by atoms with Gasteiger partial charge in [0.1, 0.15) is 22.8 Å². The lowest BCUT2D eigenvalue weighted by atomic mass is 10.1. The molecule has 5 aromatic heterocycles. The highest BCUT2D eigenvalue weighted by atomic mass is 19.1. The van der Waals surface area contributed by atoms with E-state index in [9.17, 15) is 9.18 Å². The van der Waals surface area contributed by atoms with E-state index in [1.807, 2.05) is 26.0 Å². The zero-order valence-electron chi connectivity index (χ0n) is 22.0. The van der Waals surface area contributed by atoms with E-state index in [-0.39, 0.29) is 11.8 Å². The minimum absolute atomic E-state index is 0.0609. The number of anilines is 1. The van der Waals surface area contributed by atoms with Gasteiger partial charge in [0.25, 0.3) is 0 Å². The van der Waals surface area contributed by atoms with E-state index in [1.165, 1.54) is 19.2 Å². The van der Waals surface area contributed by atoms with Gasteiger partial charge in [0.2, 0.25) is 5.91 Å². The van der Waals surface area contributed by atoms with Gasteiger partial charge in [-0.1, -0.05) is 13.8 Å². The van der Waals surface area contributed by atoms with Crippen molar-refractivity contribution in [2.24, 2.45) is 5.92 Å². The summed E-state index contributed by atoms with van der Waals surface area (Å²) in [5.41, 5.74) is 5.75. The first kappa shape index (κ1) is 25.1. The molecule has 6 rings (SSSR count). The molecule has 0 saturated carbocycles. The van der Waals surface area contributed by atoms with Gasteiger partial charge in [-0.05, 0) is 41.8 Å². The second-order valence-electron chi connectivity index (χ2n) is 9.82. The molecular formula is C29H25FN8O2. The summed E-state index contributed by atoms with van der Waals surface area (Å²) in [6.45, 7) is 3.99. The molecule has 0 unspecified atom stereocenters. The maximum absolute atomic E-state index is 14.2. The van der Waals surface area contributed by atoms with Crippen LogP contribution >= 0.6 is 0 Å². The number of nitrogens with one attached hydrogen (secondary N) is 3. The molecule has 6 aromatic rings. The van der Waals surface area contributed by atoms with Crippen molar-refractivity contribution in [3.8, 4) is 39.5 Å². The fourth-order valence-electron chi connectivity index (χ4n) is 4.58. The van der Waals surface area contributed by atoms with Crippen LogP contribution in [0.1, 0.15) is 20.3 Å². The summed E-state index contributed by atoms with van der Waals surface area (Å²) >= 11 is 0. The van der Waals surface area contributed by atoms with Gasteiger partial charge < -0.3 is 15.0 Å². The molecule has 0 spiro atoms. The Hall–Kier alpha value is -5.19. The Balaban J connectivity index is 1.38. The fraction of sp³-hybridized carbons (Fsp3) is 0.172. The molecule has 0 aliphatic heterocycles. The normalized spacial score (nSPS) is 11.4.